The Bertz CT molecular complexity index is 565. The van der Waals surface area contributed by atoms with Gasteiger partial charge in [0.15, 0.2) is 11.4 Å². The Labute approximate surface area is 79.1 Å². The van der Waals surface area contributed by atoms with Crippen LogP contribution in [0.4, 0.5) is 0 Å². The van der Waals surface area contributed by atoms with Gasteiger partial charge < -0.3 is 0 Å². The number of ketones is 1. The minimum atomic E-state index is -0.255. The first-order valence-corrected chi connectivity index (χ1v) is 4.18. The van der Waals surface area contributed by atoms with Gasteiger partial charge in [0, 0.05) is 5.56 Å². The van der Waals surface area contributed by atoms with E-state index in [4.69, 9.17) is 0 Å². The Hall–Kier alpha value is -1.91. The number of H-pyrrole nitrogens is 2. The van der Waals surface area contributed by atoms with Crippen LogP contribution in [0.15, 0.2) is 10.9 Å². The zero-order valence-electron chi connectivity index (χ0n) is 7.84. The van der Waals surface area contributed by atoms with Crippen LogP contribution in [0, 0.1) is 6.92 Å². The van der Waals surface area contributed by atoms with E-state index in [1.165, 1.54) is 6.92 Å². The molecule has 0 amide bonds. The fourth-order valence-electron chi connectivity index (χ4n) is 1.41. The second kappa shape index (κ2) is 2.80. The van der Waals surface area contributed by atoms with Crippen LogP contribution in [0.3, 0.4) is 0 Å². The van der Waals surface area contributed by atoms with Crippen LogP contribution in [0.1, 0.15) is 23.0 Å². The van der Waals surface area contributed by atoms with E-state index < -0.39 is 0 Å². The Morgan fingerprint density at radius 3 is 2.79 bits per heavy atom. The summed E-state index contributed by atoms with van der Waals surface area (Å²) in [7, 11) is 0. The molecule has 0 aliphatic rings. The van der Waals surface area contributed by atoms with Gasteiger partial charge in [0.1, 0.15) is 0 Å². The molecule has 2 heterocycles. The molecule has 5 heteroatoms. The number of nitrogens with one attached hydrogen (secondary N) is 2. The lowest BCUT2D eigenvalue weighted by Crippen LogP contribution is -2.02. The van der Waals surface area contributed by atoms with Crippen LogP contribution in [0.5, 0.6) is 0 Å². The molecule has 0 radical (unpaired) electrons. The molecule has 0 atom stereocenters. The SMILES string of the molecule is CC(=O)c1cc2c(=O)[nH][nH]c2nc1C. The van der Waals surface area contributed by atoms with Crippen LogP contribution in [-0.2, 0) is 0 Å². The molecule has 2 aromatic heterocycles. The highest BCUT2D eigenvalue weighted by Crippen LogP contribution is 2.11. The quantitative estimate of drug-likeness (QED) is 0.653. The number of aromatic nitrogens is 3. The van der Waals surface area contributed by atoms with E-state index in [0.717, 1.165) is 0 Å². The molecule has 0 aliphatic carbocycles. The lowest BCUT2D eigenvalue weighted by atomic mass is 10.1. The van der Waals surface area contributed by atoms with Gasteiger partial charge >= 0.3 is 0 Å². The minimum Gasteiger partial charge on any atom is -0.294 e. The normalized spacial score (nSPS) is 10.7. The van der Waals surface area contributed by atoms with Crippen LogP contribution in [0.2, 0.25) is 0 Å². The zero-order valence-corrected chi connectivity index (χ0v) is 7.84. The van der Waals surface area contributed by atoms with E-state index in [1.807, 2.05) is 0 Å². The zero-order chi connectivity index (χ0) is 10.3. The van der Waals surface area contributed by atoms with Crippen molar-refractivity contribution in [3.63, 3.8) is 0 Å². The standard InChI is InChI=1S/C9H9N3O2/c1-4-6(5(2)13)3-7-8(10-4)11-12-9(7)14/h3H,1-2H3,(H2,10,11,12,14). The van der Waals surface area contributed by atoms with E-state index in [1.54, 1.807) is 13.0 Å². The Kier molecular flexibility index (Phi) is 1.73. The number of aromatic amines is 2. The van der Waals surface area contributed by atoms with Gasteiger partial charge in [-0.05, 0) is 19.9 Å². The average molecular weight is 191 g/mol. The van der Waals surface area contributed by atoms with E-state index in [9.17, 15) is 9.59 Å². The fraction of sp³-hybridized carbons (Fsp3) is 0.222. The van der Waals surface area contributed by atoms with Crippen molar-refractivity contribution in [3.8, 4) is 0 Å². The Morgan fingerprint density at radius 2 is 2.14 bits per heavy atom. The summed E-state index contributed by atoms with van der Waals surface area (Å²) in [5.41, 5.74) is 1.34. The molecule has 0 unspecified atom stereocenters. The second-order valence-electron chi connectivity index (χ2n) is 3.15. The molecular weight excluding hydrogens is 182 g/mol. The minimum absolute atomic E-state index is 0.0856. The van der Waals surface area contributed by atoms with Crippen molar-refractivity contribution >= 4 is 16.8 Å². The molecule has 0 aliphatic heterocycles. The molecule has 2 aromatic rings. The maximum atomic E-state index is 11.2. The monoisotopic (exact) mass is 191 g/mol. The first-order chi connectivity index (χ1) is 6.59. The molecule has 0 saturated carbocycles. The predicted molar refractivity (Wildman–Crippen MR) is 51.5 cm³/mol. The lowest BCUT2D eigenvalue weighted by Gasteiger charge is -1.99. The van der Waals surface area contributed by atoms with Crippen molar-refractivity contribution in [1.29, 1.82) is 0 Å². The largest absolute Gasteiger partial charge is 0.294 e. The molecular formula is C9H9N3O2. The fourth-order valence-corrected chi connectivity index (χ4v) is 1.41. The molecule has 2 N–H and O–H groups in total. The number of hydrogen-bond acceptors (Lipinski definition) is 3. The smallest absolute Gasteiger partial charge is 0.273 e. The van der Waals surface area contributed by atoms with Gasteiger partial charge in [0.2, 0.25) is 0 Å². The van der Waals surface area contributed by atoms with Gasteiger partial charge in [-0.3, -0.25) is 19.8 Å². The van der Waals surface area contributed by atoms with Crippen molar-refractivity contribution < 1.29 is 4.79 Å². The second-order valence-corrected chi connectivity index (χ2v) is 3.15. The highest BCUT2D eigenvalue weighted by atomic mass is 16.1. The number of pyridine rings is 1. The molecule has 0 bridgehead atoms. The maximum absolute atomic E-state index is 11.2. The molecule has 14 heavy (non-hydrogen) atoms. The summed E-state index contributed by atoms with van der Waals surface area (Å²) >= 11 is 0. The average Bonchev–Trinajstić information content (AvgIpc) is 2.46. The third-order valence-corrected chi connectivity index (χ3v) is 2.13. The number of nitrogens with zero attached hydrogens (tertiary/aromatic N) is 1. The lowest BCUT2D eigenvalue weighted by molar-refractivity contribution is 0.101. The number of hydrogen-bond donors (Lipinski definition) is 2. The summed E-state index contributed by atoms with van der Waals surface area (Å²) in [4.78, 5) is 26.5. The summed E-state index contributed by atoms with van der Waals surface area (Å²) in [6.45, 7) is 3.19. The highest BCUT2D eigenvalue weighted by Gasteiger charge is 2.09. The van der Waals surface area contributed by atoms with Crippen LogP contribution in [0.25, 0.3) is 11.0 Å². The molecule has 5 nitrogen and oxygen atoms in total. The summed E-state index contributed by atoms with van der Waals surface area (Å²) < 4.78 is 0. The van der Waals surface area contributed by atoms with E-state index in [-0.39, 0.29) is 11.3 Å². The van der Waals surface area contributed by atoms with Gasteiger partial charge in [0.05, 0.1) is 11.1 Å². The van der Waals surface area contributed by atoms with Gasteiger partial charge in [-0.2, -0.15) is 0 Å². The molecule has 0 aromatic carbocycles. The van der Waals surface area contributed by atoms with E-state index >= 15 is 0 Å². The Morgan fingerprint density at radius 1 is 1.43 bits per heavy atom. The highest BCUT2D eigenvalue weighted by molar-refractivity contribution is 5.97. The predicted octanol–water partition coefficient (Wildman–Crippen LogP) is 0.762. The van der Waals surface area contributed by atoms with Crippen molar-refractivity contribution in [3.05, 3.63) is 27.7 Å². The third-order valence-electron chi connectivity index (χ3n) is 2.13. The topological polar surface area (TPSA) is 78.6 Å². The molecule has 0 fully saturated rings. The van der Waals surface area contributed by atoms with Crippen molar-refractivity contribution in [2.75, 3.05) is 0 Å². The van der Waals surface area contributed by atoms with Crippen LogP contribution in [-0.4, -0.2) is 21.0 Å². The number of fused-ring (bicyclic) bond motifs is 1. The van der Waals surface area contributed by atoms with Crippen LogP contribution < -0.4 is 5.56 Å². The summed E-state index contributed by atoms with van der Waals surface area (Å²) in [5, 5.41) is 5.47. The van der Waals surface area contributed by atoms with Gasteiger partial charge in [-0.1, -0.05) is 0 Å². The molecule has 2 rings (SSSR count). The summed E-state index contributed by atoms with van der Waals surface area (Å²) in [6.07, 6.45) is 0. The third kappa shape index (κ3) is 1.14. The number of Topliss-reactive ketones (excluding diaryl/α,β-unsaturated/α-hetero) is 1. The number of carbonyl (C=O) groups is 1. The maximum Gasteiger partial charge on any atom is 0.273 e. The summed E-state index contributed by atoms with van der Waals surface area (Å²) in [6, 6.07) is 1.56. The van der Waals surface area contributed by atoms with Crippen molar-refractivity contribution in [2.24, 2.45) is 0 Å². The van der Waals surface area contributed by atoms with Crippen molar-refractivity contribution in [1.82, 2.24) is 15.2 Å². The number of carbonyl (C=O) groups excluding carboxylic acids is 1. The number of rotatable bonds is 1. The van der Waals surface area contributed by atoms with Crippen molar-refractivity contribution in [2.45, 2.75) is 13.8 Å². The van der Waals surface area contributed by atoms with Gasteiger partial charge in [-0.25, -0.2) is 4.98 Å². The van der Waals surface area contributed by atoms with E-state index in [0.29, 0.717) is 22.3 Å². The first kappa shape index (κ1) is 8.68. The number of aryl methyl sites for hydroxylation is 1. The first-order valence-electron chi connectivity index (χ1n) is 4.18. The van der Waals surface area contributed by atoms with Gasteiger partial charge in [-0.15, -0.1) is 0 Å². The molecule has 72 valence electrons. The molecule has 0 spiro atoms. The summed E-state index contributed by atoms with van der Waals surface area (Å²) in [5.74, 6) is -0.0856. The Balaban J connectivity index is 2.87. The van der Waals surface area contributed by atoms with Gasteiger partial charge in [0.25, 0.3) is 5.56 Å². The molecule has 0 saturated heterocycles. The van der Waals surface area contributed by atoms with E-state index in [2.05, 4.69) is 15.2 Å². The van der Waals surface area contributed by atoms with Crippen LogP contribution >= 0.6 is 0 Å².